The average Bonchev–Trinajstić information content (AvgIpc) is 3.39. The SMILES string of the molecule is CCNC(=NCc1cc(C#N)ccc1F)NC1CCN(C(=O)C2CCCC2)C1.I. The van der Waals surface area contributed by atoms with E-state index in [9.17, 15) is 9.18 Å². The van der Waals surface area contributed by atoms with Crippen molar-refractivity contribution in [1.29, 1.82) is 5.26 Å². The number of guanidine groups is 1. The number of hydrogen-bond donors (Lipinski definition) is 2. The standard InChI is InChI=1S/C21H28FN5O.HI/c1-2-24-21(25-13-17-11-15(12-23)7-8-19(17)22)26-18-9-10-27(14-18)20(28)16-5-3-4-6-16;/h7-8,11,16,18H,2-6,9-10,13-14H2,1H3,(H2,24,25,26);1H. The highest BCUT2D eigenvalue weighted by atomic mass is 127. The van der Waals surface area contributed by atoms with E-state index in [0.29, 0.717) is 36.1 Å². The number of hydrogen-bond acceptors (Lipinski definition) is 3. The molecule has 1 atom stereocenters. The highest BCUT2D eigenvalue weighted by Gasteiger charge is 2.32. The summed E-state index contributed by atoms with van der Waals surface area (Å²) in [6.45, 7) is 4.25. The molecule has 1 aliphatic heterocycles. The summed E-state index contributed by atoms with van der Waals surface area (Å²) in [7, 11) is 0. The van der Waals surface area contributed by atoms with Crippen LogP contribution in [0.15, 0.2) is 23.2 Å². The number of rotatable bonds is 5. The third kappa shape index (κ3) is 6.29. The molecule has 0 bridgehead atoms. The first-order chi connectivity index (χ1) is 13.6. The third-order valence-corrected chi connectivity index (χ3v) is 5.47. The van der Waals surface area contributed by atoms with Crippen molar-refractivity contribution in [2.24, 2.45) is 10.9 Å². The fourth-order valence-electron chi connectivity index (χ4n) is 3.95. The predicted octanol–water partition coefficient (Wildman–Crippen LogP) is 3.16. The summed E-state index contributed by atoms with van der Waals surface area (Å²) in [6, 6.07) is 6.44. The number of halogens is 2. The molecule has 1 saturated heterocycles. The number of nitriles is 1. The van der Waals surface area contributed by atoms with Gasteiger partial charge in [0, 0.05) is 37.2 Å². The zero-order chi connectivity index (χ0) is 19.9. The highest BCUT2D eigenvalue weighted by molar-refractivity contribution is 14.0. The second kappa shape index (κ2) is 11.3. The lowest BCUT2D eigenvalue weighted by atomic mass is 10.1. The largest absolute Gasteiger partial charge is 0.357 e. The monoisotopic (exact) mass is 513 g/mol. The fourth-order valence-corrected chi connectivity index (χ4v) is 3.95. The van der Waals surface area contributed by atoms with Crippen LogP contribution in [0.5, 0.6) is 0 Å². The molecule has 0 spiro atoms. The Morgan fingerprint density at radius 1 is 1.34 bits per heavy atom. The van der Waals surface area contributed by atoms with Gasteiger partial charge in [-0.25, -0.2) is 9.38 Å². The van der Waals surface area contributed by atoms with Gasteiger partial charge in [-0.2, -0.15) is 5.26 Å². The molecule has 29 heavy (non-hydrogen) atoms. The van der Waals surface area contributed by atoms with Crippen molar-refractivity contribution in [1.82, 2.24) is 15.5 Å². The first-order valence-corrected chi connectivity index (χ1v) is 10.1. The van der Waals surface area contributed by atoms with Crippen molar-refractivity contribution in [3.8, 4) is 6.07 Å². The van der Waals surface area contributed by atoms with Gasteiger partial charge in [0.2, 0.25) is 5.91 Å². The van der Waals surface area contributed by atoms with E-state index in [4.69, 9.17) is 5.26 Å². The molecule has 2 N–H and O–H groups in total. The van der Waals surface area contributed by atoms with Crippen LogP contribution >= 0.6 is 24.0 Å². The molecule has 0 aromatic heterocycles. The normalized spacial score (nSPS) is 19.6. The van der Waals surface area contributed by atoms with Crippen LogP contribution in [-0.4, -0.2) is 42.4 Å². The molecule has 1 saturated carbocycles. The Morgan fingerprint density at radius 3 is 2.79 bits per heavy atom. The van der Waals surface area contributed by atoms with Crippen LogP contribution < -0.4 is 10.6 Å². The molecule has 2 fully saturated rings. The Kier molecular flexibility index (Phi) is 9.14. The minimum Gasteiger partial charge on any atom is -0.357 e. The maximum absolute atomic E-state index is 14.0. The molecule has 1 aromatic rings. The summed E-state index contributed by atoms with van der Waals surface area (Å²) in [4.78, 5) is 19.0. The first kappa shape index (κ1) is 23.4. The smallest absolute Gasteiger partial charge is 0.225 e. The van der Waals surface area contributed by atoms with Gasteiger partial charge in [-0.15, -0.1) is 24.0 Å². The van der Waals surface area contributed by atoms with Crippen LogP contribution in [-0.2, 0) is 11.3 Å². The highest BCUT2D eigenvalue weighted by Crippen LogP contribution is 2.27. The topological polar surface area (TPSA) is 80.5 Å². The van der Waals surface area contributed by atoms with E-state index in [1.807, 2.05) is 17.9 Å². The van der Waals surface area contributed by atoms with Gasteiger partial charge in [-0.05, 0) is 44.4 Å². The second-order valence-electron chi connectivity index (χ2n) is 7.51. The van der Waals surface area contributed by atoms with E-state index < -0.39 is 0 Å². The van der Waals surface area contributed by atoms with Crippen molar-refractivity contribution >= 4 is 35.8 Å². The van der Waals surface area contributed by atoms with E-state index in [1.165, 1.54) is 18.2 Å². The predicted molar refractivity (Wildman–Crippen MR) is 121 cm³/mol. The maximum atomic E-state index is 14.0. The van der Waals surface area contributed by atoms with Crippen LogP contribution in [0.3, 0.4) is 0 Å². The number of benzene rings is 1. The summed E-state index contributed by atoms with van der Waals surface area (Å²) in [6.07, 6.45) is 5.23. The number of amides is 1. The Morgan fingerprint density at radius 2 is 2.10 bits per heavy atom. The lowest BCUT2D eigenvalue weighted by molar-refractivity contribution is -0.134. The molecular formula is C21H29FIN5O. The lowest BCUT2D eigenvalue weighted by Crippen LogP contribution is -2.45. The Hall–Kier alpha value is -1.89. The van der Waals surface area contributed by atoms with Crippen LogP contribution in [0.25, 0.3) is 0 Å². The molecular weight excluding hydrogens is 484 g/mol. The van der Waals surface area contributed by atoms with E-state index in [1.54, 1.807) is 0 Å². The lowest BCUT2D eigenvalue weighted by Gasteiger charge is -2.21. The number of carbonyl (C=O) groups is 1. The Bertz CT molecular complexity index is 773. The van der Waals surface area contributed by atoms with Gasteiger partial charge in [0.25, 0.3) is 0 Å². The quantitative estimate of drug-likeness (QED) is 0.360. The van der Waals surface area contributed by atoms with Crippen molar-refractivity contribution < 1.29 is 9.18 Å². The molecule has 1 amide bonds. The number of likely N-dealkylation sites (tertiary alicyclic amines) is 1. The van der Waals surface area contributed by atoms with Crippen molar-refractivity contribution in [2.45, 2.75) is 51.6 Å². The fraction of sp³-hybridized carbons (Fsp3) is 0.571. The van der Waals surface area contributed by atoms with Crippen LogP contribution in [0.4, 0.5) is 4.39 Å². The molecule has 1 unspecified atom stereocenters. The third-order valence-electron chi connectivity index (χ3n) is 5.47. The van der Waals surface area contributed by atoms with Gasteiger partial charge in [-0.3, -0.25) is 4.79 Å². The van der Waals surface area contributed by atoms with Crippen molar-refractivity contribution in [3.05, 3.63) is 35.1 Å². The van der Waals surface area contributed by atoms with E-state index >= 15 is 0 Å². The van der Waals surface area contributed by atoms with Gasteiger partial charge in [0.1, 0.15) is 5.82 Å². The summed E-state index contributed by atoms with van der Waals surface area (Å²) < 4.78 is 14.0. The summed E-state index contributed by atoms with van der Waals surface area (Å²) >= 11 is 0. The number of aliphatic imine (C=N–C) groups is 1. The molecule has 1 aromatic carbocycles. The van der Waals surface area contributed by atoms with Crippen molar-refractivity contribution in [2.75, 3.05) is 19.6 Å². The number of nitrogens with zero attached hydrogens (tertiary/aromatic N) is 3. The molecule has 158 valence electrons. The average molecular weight is 513 g/mol. The minimum absolute atomic E-state index is 0. The molecule has 2 aliphatic rings. The van der Waals surface area contributed by atoms with Gasteiger partial charge in [0.15, 0.2) is 5.96 Å². The molecule has 1 aliphatic carbocycles. The van der Waals surface area contributed by atoms with E-state index in [-0.39, 0.29) is 48.3 Å². The number of nitrogens with one attached hydrogen (secondary N) is 2. The van der Waals surface area contributed by atoms with Gasteiger partial charge in [0.05, 0.1) is 18.2 Å². The van der Waals surface area contributed by atoms with E-state index in [2.05, 4.69) is 15.6 Å². The van der Waals surface area contributed by atoms with Gasteiger partial charge < -0.3 is 15.5 Å². The maximum Gasteiger partial charge on any atom is 0.225 e. The minimum atomic E-state index is -0.368. The summed E-state index contributed by atoms with van der Waals surface area (Å²) in [5, 5.41) is 15.5. The molecule has 3 rings (SSSR count). The first-order valence-electron chi connectivity index (χ1n) is 10.1. The summed E-state index contributed by atoms with van der Waals surface area (Å²) in [5.74, 6) is 0.729. The molecule has 6 nitrogen and oxygen atoms in total. The number of carbonyl (C=O) groups excluding carboxylic acids is 1. The van der Waals surface area contributed by atoms with Gasteiger partial charge >= 0.3 is 0 Å². The Balaban J connectivity index is 0.00000300. The van der Waals surface area contributed by atoms with Crippen LogP contribution in [0.2, 0.25) is 0 Å². The molecule has 1 heterocycles. The van der Waals surface area contributed by atoms with Gasteiger partial charge in [-0.1, -0.05) is 12.8 Å². The molecule has 0 radical (unpaired) electrons. The second-order valence-corrected chi connectivity index (χ2v) is 7.51. The van der Waals surface area contributed by atoms with Crippen LogP contribution in [0, 0.1) is 23.1 Å². The van der Waals surface area contributed by atoms with E-state index in [0.717, 1.165) is 38.6 Å². The zero-order valence-electron chi connectivity index (χ0n) is 16.8. The Labute approximate surface area is 189 Å². The van der Waals surface area contributed by atoms with Crippen molar-refractivity contribution in [3.63, 3.8) is 0 Å². The molecule has 8 heteroatoms. The zero-order valence-corrected chi connectivity index (χ0v) is 19.1. The summed E-state index contributed by atoms with van der Waals surface area (Å²) in [5.41, 5.74) is 0.808. The van der Waals surface area contributed by atoms with Crippen LogP contribution in [0.1, 0.15) is 50.2 Å².